The van der Waals surface area contributed by atoms with Crippen molar-refractivity contribution in [3.05, 3.63) is 53.9 Å². The molecule has 5 heteroatoms. The summed E-state index contributed by atoms with van der Waals surface area (Å²) in [6, 6.07) is 14.4. The van der Waals surface area contributed by atoms with E-state index in [1.807, 2.05) is 43.7 Å². The van der Waals surface area contributed by atoms with Crippen LogP contribution in [0.3, 0.4) is 0 Å². The molecule has 0 atom stereocenters. The molecule has 1 saturated carbocycles. The topological polar surface area (TPSA) is 58.9 Å². The van der Waals surface area contributed by atoms with Gasteiger partial charge in [0, 0.05) is 25.2 Å². The predicted octanol–water partition coefficient (Wildman–Crippen LogP) is 5.22. The van der Waals surface area contributed by atoms with Crippen molar-refractivity contribution in [2.45, 2.75) is 53.0 Å². The molecule has 0 bridgehead atoms. The molecular formula is C26H38N4O. The zero-order chi connectivity index (χ0) is 22.5. The molecule has 1 fully saturated rings. The third-order valence-corrected chi connectivity index (χ3v) is 5.45. The van der Waals surface area contributed by atoms with E-state index in [2.05, 4.69) is 46.8 Å². The Hall–Kier alpha value is -2.50. The van der Waals surface area contributed by atoms with Gasteiger partial charge in [-0.3, -0.25) is 4.79 Å². The molecule has 1 aromatic heterocycles. The molecule has 1 heterocycles. The molecule has 0 saturated heterocycles. The summed E-state index contributed by atoms with van der Waals surface area (Å²) < 4.78 is 1.98. The van der Waals surface area contributed by atoms with E-state index in [1.165, 1.54) is 31.1 Å². The third-order valence-electron chi connectivity index (χ3n) is 5.45. The number of aromatic nitrogens is 2. The summed E-state index contributed by atoms with van der Waals surface area (Å²) in [5, 5.41) is 8.57. The number of imidazole rings is 1. The van der Waals surface area contributed by atoms with Crippen LogP contribution in [0.4, 0.5) is 0 Å². The maximum Gasteiger partial charge on any atom is 0.168 e. The maximum absolute atomic E-state index is 11.3. The lowest BCUT2D eigenvalue weighted by atomic mass is 10.0. The standard InChI is InChI=1S/C17H16N2O.C5H14N2.C4H8/c1-3-19-16(11-20)12(2)18-17(19)15-10-6-8-13-7-4-5-9-14(13)15;1-3-7-5-4-6-2;1-2-4-3-1/h4-11H,3H2,1-2H3;6-7H,3-5H2,1-2H3;1-4H2. The number of nitrogens with zero attached hydrogens (tertiary/aromatic N) is 2. The van der Waals surface area contributed by atoms with Crippen LogP contribution in [0, 0.1) is 6.92 Å². The lowest BCUT2D eigenvalue weighted by Gasteiger charge is -2.09. The summed E-state index contributed by atoms with van der Waals surface area (Å²) >= 11 is 0. The van der Waals surface area contributed by atoms with Gasteiger partial charge in [0.2, 0.25) is 0 Å². The summed E-state index contributed by atoms with van der Waals surface area (Å²) in [5.41, 5.74) is 2.52. The highest BCUT2D eigenvalue weighted by molar-refractivity contribution is 5.95. The molecule has 0 spiro atoms. The first kappa shape index (κ1) is 24.8. The lowest BCUT2D eigenvalue weighted by molar-refractivity contribution is 0.111. The number of fused-ring (bicyclic) bond motifs is 1. The van der Waals surface area contributed by atoms with Crippen LogP contribution in [0.25, 0.3) is 22.2 Å². The normalized spacial score (nSPS) is 12.3. The molecule has 0 amide bonds. The Morgan fingerprint density at radius 3 is 2.26 bits per heavy atom. The van der Waals surface area contributed by atoms with E-state index in [9.17, 15) is 4.79 Å². The summed E-state index contributed by atoms with van der Waals surface area (Å²) in [7, 11) is 1.96. The number of hydrogen-bond acceptors (Lipinski definition) is 4. The Kier molecular flexibility index (Phi) is 11.0. The van der Waals surface area contributed by atoms with Crippen LogP contribution >= 0.6 is 0 Å². The van der Waals surface area contributed by atoms with Gasteiger partial charge in [-0.2, -0.15) is 0 Å². The van der Waals surface area contributed by atoms with Gasteiger partial charge < -0.3 is 15.2 Å². The minimum Gasteiger partial charge on any atom is -0.322 e. The van der Waals surface area contributed by atoms with E-state index in [0.29, 0.717) is 5.69 Å². The van der Waals surface area contributed by atoms with Crippen LogP contribution < -0.4 is 10.6 Å². The van der Waals surface area contributed by atoms with Crippen LogP contribution in [0.5, 0.6) is 0 Å². The average Bonchev–Trinajstić information content (AvgIpc) is 3.08. The van der Waals surface area contributed by atoms with Gasteiger partial charge in [-0.15, -0.1) is 0 Å². The van der Waals surface area contributed by atoms with Gasteiger partial charge in [0.15, 0.2) is 6.29 Å². The summed E-state index contributed by atoms with van der Waals surface area (Å²) in [4.78, 5) is 15.9. The van der Waals surface area contributed by atoms with Crippen LogP contribution in [0.1, 0.15) is 55.7 Å². The minimum atomic E-state index is 0.662. The van der Waals surface area contributed by atoms with Crippen molar-refractivity contribution >= 4 is 17.1 Å². The molecule has 168 valence electrons. The first-order chi connectivity index (χ1) is 15.2. The fourth-order valence-corrected chi connectivity index (χ4v) is 3.32. The number of benzene rings is 2. The minimum absolute atomic E-state index is 0.662. The Morgan fingerprint density at radius 1 is 1.00 bits per heavy atom. The number of aryl methyl sites for hydroxylation is 1. The molecule has 3 aromatic rings. The highest BCUT2D eigenvalue weighted by Gasteiger charge is 2.15. The molecule has 0 unspecified atom stereocenters. The van der Waals surface area contributed by atoms with Gasteiger partial charge >= 0.3 is 0 Å². The van der Waals surface area contributed by atoms with Crippen molar-refractivity contribution in [2.75, 3.05) is 26.7 Å². The number of aldehydes is 1. The van der Waals surface area contributed by atoms with Crippen molar-refractivity contribution in [3.8, 4) is 11.4 Å². The van der Waals surface area contributed by atoms with Gasteiger partial charge in [0.25, 0.3) is 0 Å². The van der Waals surface area contributed by atoms with E-state index in [-0.39, 0.29) is 0 Å². The summed E-state index contributed by atoms with van der Waals surface area (Å²) in [6.45, 7) is 9.96. The highest BCUT2D eigenvalue weighted by Crippen LogP contribution is 2.29. The quantitative estimate of drug-likeness (QED) is 0.405. The van der Waals surface area contributed by atoms with Gasteiger partial charge in [-0.1, -0.05) is 75.1 Å². The van der Waals surface area contributed by atoms with Gasteiger partial charge in [-0.25, -0.2) is 4.98 Å². The molecule has 2 aromatic carbocycles. The number of hydrogen-bond donors (Lipinski definition) is 2. The summed E-state index contributed by atoms with van der Waals surface area (Å²) in [5.74, 6) is 0.865. The van der Waals surface area contributed by atoms with Crippen molar-refractivity contribution in [1.82, 2.24) is 20.2 Å². The van der Waals surface area contributed by atoms with E-state index >= 15 is 0 Å². The van der Waals surface area contributed by atoms with E-state index < -0.39 is 0 Å². The Bertz CT molecular complexity index is 915. The van der Waals surface area contributed by atoms with Crippen molar-refractivity contribution in [1.29, 1.82) is 0 Å². The average molecular weight is 423 g/mol. The molecule has 1 aliphatic rings. The molecular weight excluding hydrogens is 384 g/mol. The second kappa shape index (κ2) is 13.7. The molecule has 5 nitrogen and oxygen atoms in total. The zero-order valence-corrected chi connectivity index (χ0v) is 19.6. The van der Waals surface area contributed by atoms with Crippen LogP contribution in [-0.4, -0.2) is 42.5 Å². The summed E-state index contributed by atoms with van der Waals surface area (Å²) in [6.07, 6.45) is 6.89. The SMILES string of the molecule is C1CCC1.CCNCCNC.CCn1c(-c2cccc3ccccc23)nc(C)c1C=O. The van der Waals surface area contributed by atoms with Gasteiger partial charge in [0.1, 0.15) is 11.5 Å². The number of rotatable bonds is 7. The molecule has 0 aliphatic heterocycles. The molecule has 4 rings (SSSR count). The fraction of sp³-hybridized carbons (Fsp3) is 0.462. The first-order valence-corrected chi connectivity index (χ1v) is 11.5. The molecule has 31 heavy (non-hydrogen) atoms. The fourth-order valence-electron chi connectivity index (χ4n) is 3.32. The number of carbonyl (C=O) groups is 1. The first-order valence-electron chi connectivity index (χ1n) is 11.5. The van der Waals surface area contributed by atoms with Crippen molar-refractivity contribution in [3.63, 3.8) is 0 Å². The maximum atomic E-state index is 11.3. The van der Waals surface area contributed by atoms with Gasteiger partial charge in [0.05, 0.1) is 5.69 Å². The molecule has 0 radical (unpaired) electrons. The van der Waals surface area contributed by atoms with E-state index in [4.69, 9.17) is 0 Å². The number of carbonyl (C=O) groups excluding carboxylic acids is 1. The van der Waals surface area contributed by atoms with Gasteiger partial charge in [-0.05, 0) is 38.2 Å². The van der Waals surface area contributed by atoms with E-state index in [1.54, 1.807) is 0 Å². The smallest absolute Gasteiger partial charge is 0.168 e. The van der Waals surface area contributed by atoms with Crippen molar-refractivity contribution < 1.29 is 4.79 Å². The third kappa shape index (κ3) is 7.01. The highest BCUT2D eigenvalue weighted by atomic mass is 16.1. The van der Waals surface area contributed by atoms with Crippen LogP contribution in [-0.2, 0) is 6.54 Å². The monoisotopic (exact) mass is 422 g/mol. The second-order valence-corrected chi connectivity index (χ2v) is 7.67. The Morgan fingerprint density at radius 2 is 1.68 bits per heavy atom. The Balaban J connectivity index is 0.000000256. The van der Waals surface area contributed by atoms with E-state index in [0.717, 1.165) is 54.9 Å². The zero-order valence-electron chi connectivity index (χ0n) is 19.6. The lowest BCUT2D eigenvalue weighted by Crippen LogP contribution is -2.24. The van der Waals surface area contributed by atoms with Crippen LogP contribution in [0.2, 0.25) is 0 Å². The largest absolute Gasteiger partial charge is 0.322 e. The molecule has 1 aliphatic carbocycles. The Labute approximate surface area is 187 Å². The second-order valence-electron chi connectivity index (χ2n) is 7.67. The number of nitrogens with one attached hydrogen (secondary N) is 2. The van der Waals surface area contributed by atoms with Crippen molar-refractivity contribution in [2.24, 2.45) is 0 Å². The number of likely N-dealkylation sites (N-methyl/N-ethyl adjacent to an activating group) is 2. The predicted molar refractivity (Wildman–Crippen MR) is 132 cm³/mol. The molecule has 2 N–H and O–H groups in total. The van der Waals surface area contributed by atoms with Crippen LogP contribution in [0.15, 0.2) is 42.5 Å².